The molecule has 3 aromatic carbocycles. The average Bonchev–Trinajstić information content (AvgIpc) is 2.65. The standard InChI is InChI=1S/C11H9Br.C6H3N3O7/c1-8-6-7-9-4-2-3-5-10(9)11(8)12;10-6-4(8(13)14)1-3(7(11)12)2-5(6)9(15)16/h2-7H,1H3;1-2,10H. The van der Waals surface area contributed by atoms with E-state index >= 15 is 0 Å². The molecule has 3 rings (SSSR count). The summed E-state index contributed by atoms with van der Waals surface area (Å²) in [6, 6.07) is 13.6. The zero-order chi connectivity index (χ0) is 21.0. The summed E-state index contributed by atoms with van der Waals surface area (Å²) >= 11 is 3.58. The van der Waals surface area contributed by atoms with E-state index in [4.69, 9.17) is 5.11 Å². The zero-order valence-electron chi connectivity index (χ0n) is 14.2. The first kappa shape index (κ1) is 20.7. The number of hydrogen-bond donors (Lipinski definition) is 1. The Morgan fingerprint density at radius 2 is 1.39 bits per heavy atom. The van der Waals surface area contributed by atoms with Crippen LogP contribution in [0.1, 0.15) is 5.56 Å². The summed E-state index contributed by atoms with van der Waals surface area (Å²) < 4.78 is 1.21. The van der Waals surface area contributed by atoms with Gasteiger partial charge in [-0.05, 0) is 39.2 Å². The number of aromatic hydroxyl groups is 1. The van der Waals surface area contributed by atoms with Gasteiger partial charge in [0.25, 0.3) is 11.4 Å². The summed E-state index contributed by atoms with van der Waals surface area (Å²) in [4.78, 5) is 27.8. The minimum Gasteiger partial charge on any atom is -0.497 e. The number of benzene rings is 3. The van der Waals surface area contributed by atoms with Crippen molar-refractivity contribution in [3.63, 3.8) is 0 Å². The predicted octanol–water partition coefficient (Wildman–Crippen LogP) is 5.03. The van der Waals surface area contributed by atoms with Crippen LogP contribution in [-0.2, 0) is 0 Å². The Morgan fingerprint density at radius 1 is 0.857 bits per heavy atom. The molecule has 11 heteroatoms. The number of nitrogens with zero attached hydrogens (tertiary/aromatic N) is 3. The van der Waals surface area contributed by atoms with Gasteiger partial charge in [-0.2, -0.15) is 0 Å². The van der Waals surface area contributed by atoms with E-state index in [1.807, 2.05) is 0 Å². The third kappa shape index (κ3) is 4.38. The van der Waals surface area contributed by atoms with E-state index in [2.05, 4.69) is 59.3 Å². The van der Waals surface area contributed by atoms with Gasteiger partial charge in [-0.3, -0.25) is 30.3 Å². The van der Waals surface area contributed by atoms with Crippen molar-refractivity contribution < 1.29 is 19.9 Å². The molecule has 0 aliphatic carbocycles. The zero-order valence-corrected chi connectivity index (χ0v) is 15.8. The lowest BCUT2D eigenvalue weighted by molar-refractivity contribution is -0.404. The molecule has 0 unspecified atom stereocenters. The van der Waals surface area contributed by atoms with Crippen LogP contribution in [0, 0.1) is 37.3 Å². The molecule has 1 N–H and O–H groups in total. The van der Waals surface area contributed by atoms with Crippen molar-refractivity contribution in [3.8, 4) is 5.75 Å². The van der Waals surface area contributed by atoms with Crippen LogP contribution >= 0.6 is 15.9 Å². The molecule has 0 aromatic heterocycles. The van der Waals surface area contributed by atoms with Crippen molar-refractivity contribution in [1.29, 1.82) is 0 Å². The van der Waals surface area contributed by atoms with Crippen molar-refractivity contribution in [3.05, 3.63) is 88.9 Å². The fraction of sp³-hybridized carbons (Fsp3) is 0.0588. The summed E-state index contributed by atoms with van der Waals surface area (Å²) in [7, 11) is 0. The van der Waals surface area contributed by atoms with E-state index in [-0.39, 0.29) is 0 Å². The highest BCUT2D eigenvalue weighted by atomic mass is 79.9. The molecule has 0 saturated heterocycles. The first-order valence-corrected chi connectivity index (χ1v) is 8.36. The van der Waals surface area contributed by atoms with Crippen LogP contribution in [0.15, 0.2) is 53.0 Å². The second kappa shape index (κ2) is 8.39. The Bertz CT molecular complexity index is 1070. The van der Waals surface area contributed by atoms with E-state index in [0.29, 0.717) is 12.1 Å². The largest absolute Gasteiger partial charge is 0.497 e. The highest BCUT2D eigenvalue weighted by molar-refractivity contribution is 9.10. The van der Waals surface area contributed by atoms with Crippen LogP contribution < -0.4 is 0 Å². The van der Waals surface area contributed by atoms with E-state index in [0.717, 1.165) is 0 Å². The van der Waals surface area contributed by atoms with Crippen LogP contribution in [0.3, 0.4) is 0 Å². The number of phenols is 1. The second-order valence-electron chi connectivity index (χ2n) is 5.52. The summed E-state index contributed by atoms with van der Waals surface area (Å²) in [5, 5.41) is 42.8. The van der Waals surface area contributed by atoms with E-state index < -0.39 is 37.6 Å². The monoisotopic (exact) mass is 449 g/mol. The lowest BCUT2D eigenvalue weighted by Crippen LogP contribution is -1.97. The molecule has 0 spiro atoms. The van der Waals surface area contributed by atoms with Crippen molar-refractivity contribution >= 4 is 43.8 Å². The molecular weight excluding hydrogens is 438 g/mol. The minimum atomic E-state index is -1.21. The normalized spacial score (nSPS) is 10.1. The van der Waals surface area contributed by atoms with Gasteiger partial charge in [-0.1, -0.05) is 36.4 Å². The lowest BCUT2D eigenvalue weighted by Gasteiger charge is -2.02. The molecule has 10 nitrogen and oxygen atoms in total. The molecule has 0 atom stereocenters. The number of aryl methyl sites for hydroxylation is 1. The highest BCUT2D eigenvalue weighted by Gasteiger charge is 2.30. The van der Waals surface area contributed by atoms with Gasteiger partial charge < -0.3 is 5.11 Å². The van der Waals surface area contributed by atoms with Gasteiger partial charge in [-0.25, -0.2) is 0 Å². The molecule has 28 heavy (non-hydrogen) atoms. The Labute approximate surface area is 165 Å². The average molecular weight is 450 g/mol. The molecular formula is C17H12BrN3O7. The molecule has 0 heterocycles. The van der Waals surface area contributed by atoms with Gasteiger partial charge in [0.1, 0.15) is 0 Å². The predicted molar refractivity (Wildman–Crippen MR) is 104 cm³/mol. The number of hydrogen-bond acceptors (Lipinski definition) is 7. The molecule has 0 radical (unpaired) electrons. The number of non-ortho nitro benzene ring substituents is 1. The lowest BCUT2D eigenvalue weighted by atomic mass is 10.1. The van der Waals surface area contributed by atoms with E-state index in [1.54, 1.807) is 0 Å². The molecule has 0 aliphatic heterocycles. The first-order valence-electron chi connectivity index (χ1n) is 7.57. The third-order valence-electron chi connectivity index (χ3n) is 3.72. The Balaban J connectivity index is 0.000000207. The van der Waals surface area contributed by atoms with Crippen molar-refractivity contribution in [2.24, 2.45) is 0 Å². The number of nitro groups is 3. The number of phenolic OH excluding ortho intramolecular Hbond substituents is 1. The first-order chi connectivity index (χ1) is 13.1. The van der Waals surface area contributed by atoms with Crippen molar-refractivity contribution in [2.75, 3.05) is 0 Å². The fourth-order valence-electron chi connectivity index (χ4n) is 2.32. The maximum absolute atomic E-state index is 10.4. The molecule has 3 aromatic rings. The maximum atomic E-state index is 10.4. The van der Waals surface area contributed by atoms with E-state index in [1.165, 1.54) is 20.8 Å². The third-order valence-corrected chi connectivity index (χ3v) is 4.77. The van der Waals surface area contributed by atoms with Crippen LogP contribution in [-0.4, -0.2) is 19.9 Å². The van der Waals surface area contributed by atoms with Crippen LogP contribution in [0.5, 0.6) is 5.75 Å². The van der Waals surface area contributed by atoms with Crippen molar-refractivity contribution in [2.45, 2.75) is 6.92 Å². The van der Waals surface area contributed by atoms with Gasteiger partial charge in [0.15, 0.2) is 0 Å². The van der Waals surface area contributed by atoms with Crippen molar-refractivity contribution in [1.82, 2.24) is 0 Å². The molecule has 144 valence electrons. The van der Waals surface area contributed by atoms with Gasteiger partial charge in [0.2, 0.25) is 0 Å². The van der Waals surface area contributed by atoms with Gasteiger partial charge in [0.05, 0.1) is 26.9 Å². The Morgan fingerprint density at radius 3 is 1.89 bits per heavy atom. The minimum absolute atomic E-state index is 0.447. The summed E-state index contributed by atoms with van der Waals surface area (Å²) in [5.74, 6) is -1.21. The van der Waals surface area contributed by atoms with Crippen LogP contribution in [0.2, 0.25) is 0 Å². The van der Waals surface area contributed by atoms with Crippen LogP contribution in [0.4, 0.5) is 17.1 Å². The van der Waals surface area contributed by atoms with Crippen LogP contribution in [0.25, 0.3) is 10.8 Å². The molecule has 0 saturated carbocycles. The second-order valence-corrected chi connectivity index (χ2v) is 6.31. The number of nitro benzene ring substituents is 3. The maximum Gasteiger partial charge on any atom is 0.324 e. The molecule has 0 amide bonds. The van der Waals surface area contributed by atoms with Gasteiger partial charge >= 0.3 is 11.4 Å². The fourth-order valence-corrected chi connectivity index (χ4v) is 2.81. The smallest absolute Gasteiger partial charge is 0.324 e. The number of halogens is 1. The number of fused-ring (bicyclic) bond motifs is 1. The molecule has 0 bridgehead atoms. The Kier molecular flexibility index (Phi) is 6.21. The summed E-state index contributed by atoms with van der Waals surface area (Å²) in [6.07, 6.45) is 0. The number of rotatable bonds is 3. The highest BCUT2D eigenvalue weighted by Crippen LogP contribution is 2.38. The molecule has 0 fully saturated rings. The summed E-state index contributed by atoms with van der Waals surface area (Å²) in [5.41, 5.74) is -1.72. The molecule has 0 aliphatic rings. The SMILES string of the molecule is Cc1ccc2ccccc2c1Br.O=[N+]([O-])c1cc([N+](=O)[O-])c(O)c([N+](=O)[O-])c1. The van der Waals surface area contributed by atoms with E-state index in [9.17, 15) is 30.3 Å². The van der Waals surface area contributed by atoms with Gasteiger partial charge in [0, 0.05) is 4.47 Å². The Hall–Kier alpha value is -3.60. The van der Waals surface area contributed by atoms with Gasteiger partial charge in [-0.15, -0.1) is 0 Å². The topological polar surface area (TPSA) is 150 Å². The summed E-state index contributed by atoms with van der Waals surface area (Å²) in [6.45, 7) is 2.11. The quantitative estimate of drug-likeness (QED) is 0.434.